The molecule has 0 amide bonds. The second-order valence-corrected chi connectivity index (χ2v) is 8.27. The van der Waals surface area contributed by atoms with E-state index in [4.69, 9.17) is 18.9 Å². The van der Waals surface area contributed by atoms with Gasteiger partial charge in [0.2, 0.25) is 0 Å². The van der Waals surface area contributed by atoms with Gasteiger partial charge in [-0.2, -0.15) is 0 Å². The van der Waals surface area contributed by atoms with Crippen molar-refractivity contribution in [3.63, 3.8) is 0 Å². The smallest absolute Gasteiger partial charge is 0.339 e. The highest BCUT2D eigenvalue weighted by Crippen LogP contribution is 2.14. The highest BCUT2D eigenvalue weighted by molar-refractivity contribution is 6.03. The van der Waals surface area contributed by atoms with Crippen LogP contribution in [0.25, 0.3) is 0 Å². The fourth-order valence-electron chi connectivity index (χ4n) is 2.78. The lowest BCUT2D eigenvalue weighted by molar-refractivity contribution is 0.0328. The monoisotopic (exact) mass is 500 g/mol. The fourth-order valence-corrected chi connectivity index (χ4v) is 2.78. The van der Waals surface area contributed by atoms with E-state index in [1.807, 2.05) is 13.8 Å². The van der Waals surface area contributed by atoms with E-state index in [-0.39, 0.29) is 34.5 Å². The molecular formula is C28H36O8. The van der Waals surface area contributed by atoms with E-state index in [0.29, 0.717) is 13.2 Å². The maximum Gasteiger partial charge on any atom is 0.339 e. The van der Waals surface area contributed by atoms with Crippen LogP contribution >= 0.6 is 0 Å². The van der Waals surface area contributed by atoms with Crippen molar-refractivity contribution in [2.45, 2.75) is 66.6 Å². The first kappa shape index (κ1) is 30.4. The van der Waals surface area contributed by atoms with Crippen molar-refractivity contribution in [2.24, 2.45) is 0 Å². The highest BCUT2D eigenvalue weighted by atomic mass is 16.6. The average molecular weight is 501 g/mol. The fraction of sp³-hybridized carbons (Fsp3) is 0.429. The largest absolute Gasteiger partial charge is 0.462 e. The minimum absolute atomic E-state index is 0.230. The second-order valence-electron chi connectivity index (χ2n) is 8.27. The van der Waals surface area contributed by atoms with Crippen molar-refractivity contribution >= 4 is 23.9 Å². The zero-order chi connectivity index (χ0) is 27.1. The van der Waals surface area contributed by atoms with Gasteiger partial charge in [0.25, 0.3) is 0 Å². The highest BCUT2D eigenvalue weighted by Gasteiger charge is 2.20. The molecule has 0 aromatic heterocycles. The summed E-state index contributed by atoms with van der Waals surface area (Å²) in [7, 11) is 0. The molecule has 0 fully saturated rings. The number of benzene rings is 2. The minimum Gasteiger partial charge on any atom is -0.462 e. The van der Waals surface area contributed by atoms with Crippen molar-refractivity contribution in [2.75, 3.05) is 13.2 Å². The van der Waals surface area contributed by atoms with Gasteiger partial charge in [0.1, 0.15) is 0 Å². The quantitative estimate of drug-likeness (QED) is 0.305. The zero-order valence-electron chi connectivity index (χ0n) is 21.9. The number of ether oxygens (including phenoxy) is 4. The van der Waals surface area contributed by atoms with Crippen LogP contribution in [-0.4, -0.2) is 49.3 Å². The number of hydrogen-bond acceptors (Lipinski definition) is 8. The van der Waals surface area contributed by atoms with Gasteiger partial charge in [0.05, 0.1) is 47.7 Å². The molecule has 2 rings (SSSR count). The molecular weight excluding hydrogens is 464 g/mol. The lowest BCUT2D eigenvalue weighted by atomic mass is 10.1. The molecule has 8 nitrogen and oxygen atoms in total. The molecule has 0 saturated carbocycles. The predicted molar refractivity (Wildman–Crippen MR) is 135 cm³/mol. The topological polar surface area (TPSA) is 105 Å². The van der Waals surface area contributed by atoms with Crippen LogP contribution < -0.4 is 0 Å². The Morgan fingerprint density at radius 3 is 1.08 bits per heavy atom. The summed E-state index contributed by atoms with van der Waals surface area (Å²) in [5.41, 5.74) is 0.979. The summed E-state index contributed by atoms with van der Waals surface area (Å²) in [6, 6.07) is 13.0. The van der Waals surface area contributed by atoms with E-state index in [2.05, 4.69) is 0 Å². The Bertz CT molecular complexity index is 930. The molecule has 0 bridgehead atoms. The minimum atomic E-state index is -0.513. The van der Waals surface area contributed by atoms with Gasteiger partial charge in [-0.3, -0.25) is 0 Å². The Kier molecular flexibility index (Phi) is 13.6. The van der Waals surface area contributed by atoms with Crippen LogP contribution in [0.3, 0.4) is 0 Å². The normalized spacial score (nSPS) is 10.2. The first-order valence-electron chi connectivity index (χ1n) is 12.1. The number of rotatable bonds is 10. The molecule has 8 heteroatoms. The summed E-state index contributed by atoms with van der Waals surface area (Å²) in [6.45, 7) is 11.5. The first-order chi connectivity index (χ1) is 17.1. The molecule has 2 aromatic rings. The van der Waals surface area contributed by atoms with Gasteiger partial charge in [-0.1, -0.05) is 38.1 Å². The summed E-state index contributed by atoms with van der Waals surface area (Å²) < 4.78 is 20.2. The van der Waals surface area contributed by atoms with Crippen LogP contribution in [0.4, 0.5) is 0 Å². The predicted octanol–water partition coefficient (Wildman–Crippen LogP) is 5.64. The lowest BCUT2D eigenvalue weighted by Gasteiger charge is -2.12. The van der Waals surface area contributed by atoms with Gasteiger partial charge in [-0.15, -0.1) is 0 Å². The van der Waals surface area contributed by atoms with Crippen molar-refractivity contribution in [3.05, 3.63) is 70.8 Å². The number of carbonyl (C=O) groups excluding carboxylic acids is 4. The van der Waals surface area contributed by atoms with Crippen molar-refractivity contribution < 1.29 is 38.1 Å². The van der Waals surface area contributed by atoms with Crippen molar-refractivity contribution in [3.8, 4) is 0 Å². The molecule has 0 aliphatic carbocycles. The van der Waals surface area contributed by atoms with E-state index in [0.717, 1.165) is 12.8 Å². The molecule has 196 valence electrons. The van der Waals surface area contributed by atoms with E-state index < -0.39 is 23.9 Å². The van der Waals surface area contributed by atoms with Crippen molar-refractivity contribution in [1.29, 1.82) is 0 Å². The van der Waals surface area contributed by atoms with Gasteiger partial charge < -0.3 is 18.9 Å². The van der Waals surface area contributed by atoms with Gasteiger partial charge in [0, 0.05) is 0 Å². The third kappa shape index (κ3) is 10.3. The Labute approximate surface area is 212 Å². The Morgan fingerprint density at radius 1 is 0.556 bits per heavy atom. The van der Waals surface area contributed by atoms with Crippen LogP contribution in [0.1, 0.15) is 95.8 Å². The van der Waals surface area contributed by atoms with Crippen molar-refractivity contribution in [1.82, 2.24) is 0 Å². The first-order valence-corrected chi connectivity index (χ1v) is 12.1. The number of esters is 4. The van der Waals surface area contributed by atoms with E-state index in [1.54, 1.807) is 76.2 Å². The molecule has 0 saturated heterocycles. The Morgan fingerprint density at radius 2 is 0.833 bits per heavy atom. The van der Waals surface area contributed by atoms with Gasteiger partial charge in [-0.05, 0) is 64.8 Å². The van der Waals surface area contributed by atoms with Gasteiger partial charge in [0.15, 0.2) is 0 Å². The maximum absolute atomic E-state index is 11.8. The van der Waals surface area contributed by atoms with E-state index >= 15 is 0 Å². The van der Waals surface area contributed by atoms with Gasteiger partial charge >= 0.3 is 23.9 Å². The number of carbonyl (C=O) groups is 4. The lowest BCUT2D eigenvalue weighted by Crippen LogP contribution is -2.18. The standard InChI is InChI=1S/2C14H18O4/c1-9(2)17-13(15)11-7-5-6-8-12(11)14(16)18-10(3)4;1-3-9-17-13(15)11-7-5-6-8-12(11)14(16)18-10-4-2/h5-10H,1-4H3;5-8H,3-4,9-10H2,1-2H3. The van der Waals surface area contributed by atoms with E-state index in [1.165, 1.54) is 0 Å². The number of hydrogen-bond donors (Lipinski definition) is 0. The van der Waals surface area contributed by atoms with Crippen LogP contribution in [0.2, 0.25) is 0 Å². The van der Waals surface area contributed by atoms with Crippen LogP contribution in [0.5, 0.6) is 0 Å². The summed E-state index contributed by atoms with van der Waals surface area (Å²) in [5, 5.41) is 0. The molecule has 0 unspecified atom stereocenters. The Balaban J connectivity index is 0.000000360. The molecule has 2 aromatic carbocycles. The summed E-state index contributed by atoms with van der Waals surface area (Å²) in [5.74, 6) is -2.00. The van der Waals surface area contributed by atoms with Crippen LogP contribution in [0, 0.1) is 0 Å². The Hall–Kier alpha value is -3.68. The average Bonchev–Trinajstić information content (AvgIpc) is 2.85. The third-order valence-electron chi connectivity index (χ3n) is 4.29. The summed E-state index contributed by atoms with van der Waals surface area (Å²) in [4.78, 5) is 47.2. The molecule has 0 heterocycles. The third-order valence-corrected chi connectivity index (χ3v) is 4.29. The molecule has 0 aliphatic heterocycles. The molecule has 0 atom stereocenters. The van der Waals surface area contributed by atoms with Crippen LogP contribution in [-0.2, 0) is 18.9 Å². The zero-order valence-corrected chi connectivity index (χ0v) is 21.9. The summed E-state index contributed by atoms with van der Waals surface area (Å²) in [6.07, 6.45) is 1.03. The molecule has 0 spiro atoms. The molecule has 0 N–H and O–H groups in total. The molecule has 0 radical (unpaired) electrons. The summed E-state index contributed by atoms with van der Waals surface area (Å²) >= 11 is 0. The molecule has 0 aliphatic rings. The van der Waals surface area contributed by atoms with Crippen LogP contribution in [0.15, 0.2) is 48.5 Å². The second kappa shape index (κ2) is 16.1. The molecule has 36 heavy (non-hydrogen) atoms. The van der Waals surface area contributed by atoms with Gasteiger partial charge in [-0.25, -0.2) is 19.2 Å². The maximum atomic E-state index is 11.8. The SMILES string of the molecule is CC(C)OC(=O)c1ccccc1C(=O)OC(C)C.CCCOC(=O)c1ccccc1C(=O)OCCC. The van der Waals surface area contributed by atoms with E-state index in [9.17, 15) is 19.2 Å².